The third kappa shape index (κ3) is 3.41. The van der Waals surface area contributed by atoms with Crippen molar-refractivity contribution >= 4 is 11.8 Å². The van der Waals surface area contributed by atoms with E-state index in [0.717, 1.165) is 30.7 Å². The van der Waals surface area contributed by atoms with Crippen LogP contribution in [0.2, 0.25) is 0 Å². The number of carbonyl (C=O) groups is 1. The Labute approximate surface area is 152 Å². The van der Waals surface area contributed by atoms with E-state index < -0.39 is 0 Å². The van der Waals surface area contributed by atoms with Crippen LogP contribution in [0.1, 0.15) is 35.4 Å². The summed E-state index contributed by atoms with van der Waals surface area (Å²) in [6, 6.07) is 1.88. The molecule has 1 aliphatic carbocycles. The van der Waals surface area contributed by atoms with Gasteiger partial charge in [-0.05, 0) is 42.9 Å². The first kappa shape index (κ1) is 17.0. The van der Waals surface area contributed by atoms with E-state index in [9.17, 15) is 4.79 Å². The minimum Gasteiger partial charge on any atom is -0.383 e. The third-order valence-electron chi connectivity index (χ3n) is 5.13. The average Bonchev–Trinajstić information content (AvgIpc) is 3.08. The van der Waals surface area contributed by atoms with Crippen LogP contribution < -0.4 is 5.32 Å². The number of aryl methyl sites for hydroxylation is 2. The molecule has 2 aromatic heterocycles. The Morgan fingerprint density at radius 1 is 1.27 bits per heavy atom. The average molecular weight is 356 g/mol. The van der Waals surface area contributed by atoms with E-state index in [4.69, 9.17) is 4.74 Å². The summed E-state index contributed by atoms with van der Waals surface area (Å²) >= 11 is 0. The summed E-state index contributed by atoms with van der Waals surface area (Å²) in [7, 11) is 1.67. The van der Waals surface area contributed by atoms with E-state index in [1.165, 1.54) is 24.0 Å². The number of hydrogen-bond donors (Lipinski definition) is 1. The summed E-state index contributed by atoms with van der Waals surface area (Å²) in [5.41, 5.74) is 4.58. The van der Waals surface area contributed by atoms with Crippen molar-refractivity contribution in [3.8, 4) is 0 Å². The molecule has 0 aromatic carbocycles. The largest absolute Gasteiger partial charge is 0.383 e. The Morgan fingerprint density at radius 3 is 2.96 bits per heavy atom. The Hall–Kier alpha value is -2.48. The molecule has 26 heavy (non-hydrogen) atoms. The predicted molar refractivity (Wildman–Crippen MR) is 95.9 cm³/mol. The number of fused-ring (bicyclic) bond motifs is 2. The minimum atomic E-state index is -0.134. The van der Waals surface area contributed by atoms with Crippen molar-refractivity contribution in [2.45, 2.75) is 45.2 Å². The highest BCUT2D eigenvalue weighted by Gasteiger charge is 2.25. The smallest absolute Gasteiger partial charge is 0.323 e. The first-order chi connectivity index (χ1) is 12.7. The van der Waals surface area contributed by atoms with Crippen LogP contribution in [0.25, 0.3) is 0 Å². The molecule has 0 radical (unpaired) electrons. The van der Waals surface area contributed by atoms with Crippen LogP contribution in [-0.2, 0) is 37.1 Å². The molecule has 2 aromatic rings. The maximum Gasteiger partial charge on any atom is 0.323 e. The highest BCUT2D eigenvalue weighted by atomic mass is 16.5. The van der Waals surface area contributed by atoms with Gasteiger partial charge in [-0.2, -0.15) is 0 Å². The van der Waals surface area contributed by atoms with Crippen LogP contribution in [-0.4, -0.2) is 51.2 Å². The minimum absolute atomic E-state index is 0.134. The molecule has 3 heterocycles. The molecular weight excluding hydrogens is 332 g/mol. The molecule has 1 aliphatic heterocycles. The van der Waals surface area contributed by atoms with Crippen molar-refractivity contribution in [3.63, 3.8) is 0 Å². The molecule has 2 amide bonds. The van der Waals surface area contributed by atoms with E-state index >= 15 is 0 Å². The molecule has 138 valence electrons. The van der Waals surface area contributed by atoms with E-state index in [0.29, 0.717) is 32.1 Å². The lowest BCUT2D eigenvalue weighted by Crippen LogP contribution is -2.39. The summed E-state index contributed by atoms with van der Waals surface area (Å²) < 4.78 is 6.98. The van der Waals surface area contributed by atoms with Crippen LogP contribution in [0.5, 0.6) is 0 Å². The second kappa shape index (κ2) is 7.41. The van der Waals surface area contributed by atoms with Gasteiger partial charge in [-0.15, -0.1) is 5.10 Å². The Morgan fingerprint density at radius 2 is 2.12 bits per heavy atom. The first-order valence-corrected chi connectivity index (χ1v) is 9.18. The molecule has 0 saturated carbocycles. The van der Waals surface area contributed by atoms with Crippen molar-refractivity contribution in [1.29, 1.82) is 0 Å². The number of carbonyl (C=O) groups excluding carboxylic acids is 1. The fourth-order valence-electron chi connectivity index (χ4n) is 3.67. The zero-order valence-electron chi connectivity index (χ0n) is 15.1. The molecule has 0 fully saturated rings. The normalized spacial score (nSPS) is 16.1. The lowest BCUT2D eigenvalue weighted by Gasteiger charge is -2.26. The summed E-state index contributed by atoms with van der Waals surface area (Å²) in [5.74, 6) is 0.630. The molecule has 8 heteroatoms. The molecule has 4 rings (SSSR count). The van der Waals surface area contributed by atoms with Gasteiger partial charge < -0.3 is 9.64 Å². The number of aromatic nitrogens is 4. The van der Waals surface area contributed by atoms with E-state index in [1.807, 2.05) is 16.9 Å². The van der Waals surface area contributed by atoms with Gasteiger partial charge in [0.25, 0.3) is 0 Å². The van der Waals surface area contributed by atoms with Gasteiger partial charge in [-0.3, -0.25) is 5.32 Å². The molecule has 0 unspecified atom stereocenters. The Kier molecular flexibility index (Phi) is 4.83. The number of pyridine rings is 1. The lowest BCUT2D eigenvalue weighted by molar-refractivity contribution is 0.180. The van der Waals surface area contributed by atoms with Gasteiger partial charge in [0, 0.05) is 26.3 Å². The van der Waals surface area contributed by atoms with Gasteiger partial charge in [-0.25, -0.2) is 14.5 Å². The van der Waals surface area contributed by atoms with Crippen LogP contribution in [0.15, 0.2) is 12.3 Å². The number of methoxy groups -OCH3 is 1. The zero-order chi connectivity index (χ0) is 17.9. The number of anilines is 1. The molecular formula is C18H24N6O2. The van der Waals surface area contributed by atoms with Crippen molar-refractivity contribution < 1.29 is 9.53 Å². The van der Waals surface area contributed by atoms with E-state index in [2.05, 4.69) is 20.6 Å². The standard InChI is InChI=1S/C18H24N6O2/c1-26-9-8-24-16-6-7-23(12-15(16)21-22-24)18(25)20-17-10-13-4-2-3-5-14(13)11-19-17/h10-11H,2-9,12H2,1H3,(H,19,20,25). The number of ether oxygens (including phenoxy) is 1. The molecule has 1 N–H and O–H groups in total. The number of rotatable bonds is 4. The van der Waals surface area contributed by atoms with Crippen molar-refractivity contribution in [2.75, 3.05) is 25.6 Å². The SMILES string of the molecule is COCCn1nnc2c1CCN(C(=O)Nc1cc3c(cn1)CCCC3)C2. The highest BCUT2D eigenvalue weighted by molar-refractivity contribution is 5.88. The van der Waals surface area contributed by atoms with Crippen LogP contribution in [0, 0.1) is 0 Å². The lowest BCUT2D eigenvalue weighted by atomic mass is 9.93. The van der Waals surface area contributed by atoms with Gasteiger partial charge in [0.15, 0.2) is 0 Å². The van der Waals surface area contributed by atoms with Gasteiger partial charge in [0.1, 0.15) is 11.5 Å². The third-order valence-corrected chi connectivity index (χ3v) is 5.13. The van der Waals surface area contributed by atoms with Gasteiger partial charge in [-0.1, -0.05) is 5.21 Å². The van der Waals surface area contributed by atoms with E-state index in [-0.39, 0.29) is 6.03 Å². The molecule has 0 bridgehead atoms. The second-order valence-corrected chi connectivity index (χ2v) is 6.85. The number of nitrogens with one attached hydrogen (secondary N) is 1. The van der Waals surface area contributed by atoms with Crippen molar-refractivity contribution in [3.05, 3.63) is 34.8 Å². The fraction of sp³-hybridized carbons (Fsp3) is 0.556. The number of urea groups is 1. The first-order valence-electron chi connectivity index (χ1n) is 9.18. The number of hydrogen-bond acceptors (Lipinski definition) is 5. The quantitative estimate of drug-likeness (QED) is 0.903. The summed E-state index contributed by atoms with van der Waals surface area (Å²) in [5, 5.41) is 11.3. The topological polar surface area (TPSA) is 85.2 Å². The highest BCUT2D eigenvalue weighted by Crippen LogP contribution is 2.23. The maximum absolute atomic E-state index is 12.6. The molecule has 0 saturated heterocycles. The summed E-state index contributed by atoms with van der Waals surface area (Å²) in [6.07, 6.45) is 7.24. The van der Waals surface area contributed by atoms with Gasteiger partial charge >= 0.3 is 6.03 Å². The maximum atomic E-state index is 12.6. The molecule has 8 nitrogen and oxygen atoms in total. The number of amides is 2. The van der Waals surface area contributed by atoms with Crippen LogP contribution in [0.4, 0.5) is 10.6 Å². The van der Waals surface area contributed by atoms with Crippen LogP contribution >= 0.6 is 0 Å². The monoisotopic (exact) mass is 356 g/mol. The van der Waals surface area contributed by atoms with Gasteiger partial charge in [0.2, 0.25) is 0 Å². The molecule has 0 spiro atoms. The van der Waals surface area contributed by atoms with Crippen molar-refractivity contribution in [1.82, 2.24) is 24.9 Å². The summed E-state index contributed by atoms with van der Waals surface area (Å²) in [6.45, 7) is 2.40. The number of nitrogens with zero attached hydrogens (tertiary/aromatic N) is 5. The van der Waals surface area contributed by atoms with Crippen LogP contribution in [0.3, 0.4) is 0 Å². The Bertz CT molecular complexity index is 803. The van der Waals surface area contributed by atoms with Gasteiger partial charge in [0.05, 0.1) is 25.4 Å². The summed E-state index contributed by atoms with van der Waals surface area (Å²) in [4.78, 5) is 18.8. The van der Waals surface area contributed by atoms with E-state index in [1.54, 1.807) is 12.0 Å². The molecule has 0 atom stereocenters. The Balaban J connectivity index is 1.41. The second-order valence-electron chi connectivity index (χ2n) is 6.85. The predicted octanol–water partition coefficient (Wildman–Crippen LogP) is 1.79. The fourth-order valence-corrected chi connectivity index (χ4v) is 3.67. The zero-order valence-corrected chi connectivity index (χ0v) is 15.1. The molecule has 2 aliphatic rings. The van der Waals surface area contributed by atoms with Crippen molar-refractivity contribution in [2.24, 2.45) is 0 Å².